The van der Waals surface area contributed by atoms with Crippen molar-refractivity contribution >= 4 is 17.6 Å². The molecule has 5 nitrogen and oxygen atoms in total. The molecule has 1 aromatic carbocycles. The van der Waals surface area contributed by atoms with Gasteiger partial charge in [0.25, 0.3) is 5.78 Å². The lowest BCUT2D eigenvalue weighted by atomic mass is 10.1. The Labute approximate surface area is 118 Å². The number of alkyl halides is 3. The first-order chi connectivity index (χ1) is 9.40. The number of hydrogen-bond donors (Lipinski definition) is 2. The summed E-state index contributed by atoms with van der Waals surface area (Å²) in [6.45, 7) is 4.84. The Balaban J connectivity index is 2.98. The number of ether oxygens (including phenoxy) is 1. The number of carbonyl (C=O) groups is 2. The third-order valence-electron chi connectivity index (χ3n) is 2.14. The monoisotopic (exact) mass is 305 g/mol. The minimum atomic E-state index is -5.12. The summed E-state index contributed by atoms with van der Waals surface area (Å²) in [5, 5.41) is 11.5. The molecule has 1 amide bonds. The molecule has 0 aliphatic heterocycles. The van der Waals surface area contributed by atoms with Crippen LogP contribution in [0.25, 0.3) is 0 Å². The van der Waals surface area contributed by atoms with E-state index in [0.717, 1.165) is 18.2 Å². The maximum absolute atomic E-state index is 12.4. The number of nitrogens with one attached hydrogen (secondary N) is 1. The topological polar surface area (TPSA) is 75.6 Å². The van der Waals surface area contributed by atoms with E-state index in [1.807, 2.05) is 0 Å². The van der Waals surface area contributed by atoms with Crippen molar-refractivity contribution in [1.82, 2.24) is 0 Å². The number of carbonyl (C=O) groups excluding carboxylic acids is 2. The maximum Gasteiger partial charge on any atom is 0.455 e. The van der Waals surface area contributed by atoms with Gasteiger partial charge in [-0.1, -0.05) is 0 Å². The van der Waals surface area contributed by atoms with E-state index in [1.54, 1.807) is 20.8 Å². The predicted octanol–water partition coefficient (Wildman–Crippen LogP) is 3.48. The van der Waals surface area contributed by atoms with E-state index in [-0.39, 0.29) is 5.69 Å². The molecular formula is C13H14F3NO4. The lowest BCUT2D eigenvalue weighted by molar-refractivity contribution is -0.0886. The zero-order valence-corrected chi connectivity index (χ0v) is 11.5. The van der Waals surface area contributed by atoms with Gasteiger partial charge in [0.1, 0.15) is 11.4 Å². The van der Waals surface area contributed by atoms with Crippen LogP contribution in [0, 0.1) is 0 Å². The Bertz CT molecular complexity index is 562. The second-order valence-electron chi connectivity index (χ2n) is 5.19. The fourth-order valence-corrected chi connectivity index (χ4v) is 1.37. The second kappa shape index (κ2) is 5.63. The van der Waals surface area contributed by atoms with Crippen LogP contribution < -0.4 is 5.32 Å². The molecule has 0 fully saturated rings. The van der Waals surface area contributed by atoms with Gasteiger partial charge >= 0.3 is 12.3 Å². The van der Waals surface area contributed by atoms with Crippen molar-refractivity contribution in [2.75, 3.05) is 5.32 Å². The lowest BCUT2D eigenvalue weighted by Crippen LogP contribution is -2.27. The Hall–Kier alpha value is -2.25. The van der Waals surface area contributed by atoms with Crippen molar-refractivity contribution in [3.05, 3.63) is 23.8 Å². The van der Waals surface area contributed by atoms with Gasteiger partial charge in [-0.3, -0.25) is 10.1 Å². The van der Waals surface area contributed by atoms with Crippen LogP contribution in [0.3, 0.4) is 0 Å². The fourth-order valence-electron chi connectivity index (χ4n) is 1.37. The number of phenolic OH excluding ortho intramolecular Hbond substituents is 1. The van der Waals surface area contributed by atoms with E-state index in [4.69, 9.17) is 4.74 Å². The number of amides is 1. The molecule has 0 aliphatic rings. The average Bonchev–Trinajstić information content (AvgIpc) is 2.27. The van der Waals surface area contributed by atoms with Crippen LogP contribution in [0.5, 0.6) is 5.75 Å². The van der Waals surface area contributed by atoms with E-state index < -0.39 is 35.0 Å². The van der Waals surface area contributed by atoms with Gasteiger partial charge in [0.15, 0.2) is 0 Å². The SMILES string of the molecule is CC(C)(C)OC(=O)Nc1ccc(O)c(C(=O)C(F)(F)F)c1. The van der Waals surface area contributed by atoms with Crippen LogP contribution in [-0.2, 0) is 4.74 Å². The third-order valence-corrected chi connectivity index (χ3v) is 2.14. The van der Waals surface area contributed by atoms with Gasteiger partial charge in [-0.15, -0.1) is 0 Å². The van der Waals surface area contributed by atoms with Gasteiger partial charge in [-0.2, -0.15) is 13.2 Å². The highest BCUT2D eigenvalue weighted by molar-refractivity contribution is 6.03. The van der Waals surface area contributed by atoms with Crippen LogP contribution in [0.15, 0.2) is 18.2 Å². The number of rotatable bonds is 2. The number of benzene rings is 1. The smallest absolute Gasteiger partial charge is 0.455 e. The standard InChI is InChI=1S/C13H14F3NO4/c1-12(2,3)21-11(20)17-7-4-5-9(18)8(6-7)10(19)13(14,15)16/h4-6,18H,1-3H3,(H,17,20). The van der Waals surface area contributed by atoms with Crippen molar-refractivity contribution in [2.45, 2.75) is 32.5 Å². The number of phenols is 1. The molecule has 0 heterocycles. The predicted molar refractivity (Wildman–Crippen MR) is 68.3 cm³/mol. The van der Waals surface area contributed by atoms with Crippen LogP contribution in [0.1, 0.15) is 31.1 Å². The average molecular weight is 305 g/mol. The molecule has 0 spiro atoms. The molecule has 0 aromatic heterocycles. The number of ketones is 1. The van der Waals surface area contributed by atoms with E-state index >= 15 is 0 Å². The summed E-state index contributed by atoms with van der Waals surface area (Å²) in [6, 6.07) is 2.76. The Morgan fingerprint density at radius 3 is 2.24 bits per heavy atom. The summed E-state index contributed by atoms with van der Waals surface area (Å²) in [6.07, 6.45) is -6.01. The summed E-state index contributed by atoms with van der Waals surface area (Å²) in [5.41, 5.74) is -1.84. The molecule has 0 radical (unpaired) electrons. The third kappa shape index (κ3) is 4.97. The quantitative estimate of drug-likeness (QED) is 0.648. The van der Waals surface area contributed by atoms with Crippen molar-refractivity contribution in [3.63, 3.8) is 0 Å². The summed E-state index contributed by atoms with van der Waals surface area (Å²) >= 11 is 0. The first kappa shape index (κ1) is 16.8. The normalized spacial score (nSPS) is 11.9. The van der Waals surface area contributed by atoms with Gasteiger partial charge in [-0.25, -0.2) is 4.79 Å². The summed E-state index contributed by atoms with van der Waals surface area (Å²) in [7, 11) is 0. The first-order valence-electron chi connectivity index (χ1n) is 5.85. The van der Waals surface area contributed by atoms with Crippen LogP contribution in [0.4, 0.5) is 23.7 Å². The fraction of sp³-hybridized carbons (Fsp3) is 0.385. The minimum absolute atomic E-state index is 0.102. The van der Waals surface area contributed by atoms with E-state index in [9.17, 15) is 27.9 Å². The largest absolute Gasteiger partial charge is 0.507 e. The molecule has 0 saturated heterocycles. The second-order valence-corrected chi connectivity index (χ2v) is 5.19. The number of halogens is 3. The van der Waals surface area contributed by atoms with E-state index in [2.05, 4.69) is 5.32 Å². The van der Waals surface area contributed by atoms with Gasteiger partial charge in [-0.05, 0) is 39.0 Å². The highest BCUT2D eigenvalue weighted by atomic mass is 19.4. The van der Waals surface area contributed by atoms with Crippen LogP contribution in [0.2, 0.25) is 0 Å². The number of aromatic hydroxyl groups is 1. The van der Waals surface area contributed by atoms with Gasteiger partial charge in [0.05, 0.1) is 5.56 Å². The van der Waals surface area contributed by atoms with Crippen molar-refractivity contribution in [1.29, 1.82) is 0 Å². The Morgan fingerprint density at radius 2 is 1.76 bits per heavy atom. The van der Waals surface area contributed by atoms with E-state index in [1.165, 1.54) is 0 Å². The molecule has 116 valence electrons. The molecule has 0 bridgehead atoms. The lowest BCUT2D eigenvalue weighted by Gasteiger charge is -2.19. The molecule has 0 unspecified atom stereocenters. The molecule has 0 aliphatic carbocycles. The van der Waals surface area contributed by atoms with Crippen molar-refractivity contribution < 1.29 is 32.6 Å². The summed E-state index contributed by atoms with van der Waals surface area (Å²) < 4.78 is 42.0. The number of hydrogen-bond acceptors (Lipinski definition) is 4. The van der Waals surface area contributed by atoms with Crippen molar-refractivity contribution in [3.8, 4) is 5.75 Å². The highest BCUT2D eigenvalue weighted by Gasteiger charge is 2.40. The molecule has 1 aromatic rings. The Kier molecular flexibility index (Phi) is 4.50. The zero-order valence-electron chi connectivity index (χ0n) is 11.5. The van der Waals surface area contributed by atoms with Gasteiger partial charge < -0.3 is 9.84 Å². The minimum Gasteiger partial charge on any atom is -0.507 e. The molecule has 21 heavy (non-hydrogen) atoms. The van der Waals surface area contributed by atoms with Gasteiger partial charge in [0, 0.05) is 5.69 Å². The number of Topliss-reactive ketones (excluding diaryl/α,β-unsaturated/α-hetero) is 1. The summed E-state index contributed by atoms with van der Waals surface area (Å²) in [5.74, 6) is -3.03. The molecular weight excluding hydrogens is 291 g/mol. The first-order valence-corrected chi connectivity index (χ1v) is 5.85. The molecule has 0 saturated carbocycles. The number of anilines is 1. The Morgan fingerprint density at radius 1 is 1.19 bits per heavy atom. The zero-order chi connectivity index (χ0) is 16.4. The molecule has 8 heteroatoms. The van der Waals surface area contributed by atoms with Gasteiger partial charge in [0.2, 0.25) is 0 Å². The van der Waals surface area contributed by atoms with Crippen molar-refractivity contribution in [2.24, 2.45) is 0 Å². The summed E-state index contributed by atoms with van der Waals surface area (Å²) in [4.78, 5) is 22.6. The van der Waals surface area contributed by atoms with E-state index in [0.29, 0.717) is 0 Å². The highest BCUT2D eigenvalue weighted by Crippen LogP contribution is 2.29. The maximum atomic E-state index is 12.4. The van der Waals surface area contributed by atoms with Crippen LogP contribution in [-0.4, -0.2) is 28.8 Å². The van der Waals surface area contributed by atoms with Crippen LogP contribution >= 0.6 is 0 Å². The molecule has 0 atom stereocenters. The molecule has 2 N–H and O–H groups in total. The molecule has 1 rings (SSSR count).